The maximum Gasteiger partial charge on any atom is 0.211 e. The van der Waals surface area contributed by atoms with Crippen LogP contribution in [0, 0.1) is 0 Å². The molecule has 0 bridgehead atoms. The zero-order valence-corrected chi connectivity index (χ0v) is 12.0. The van der Waals surface area contributed by atoms with Crippen molar-refractivity contribution in [3.05, 3.63) is 48.0 Å². The lowest BCUT2D eigenvalue weighted by atomic mass is 10.2. The Morgan fingerprint density at radius 1 is 0.850 bits per heavy atom. The molecule has 4 nitrogen and oxygen atoms in total. The molecule has 0 unspecified atom stereocenters. The van der Waals surface area contributed by atoms with Gasteiger partial charge in [-0.2, -0.15) is 0 Å². The molecule has 106 valence electrons. The fourth-order valence-electron chi connectivity index (χ4n) is 1.97. The number of methoxy groups -OCH3 is 2. The second kappa shape index (κ2) is 6.82. The molecule has 0 atom stereocenters. The lowest BCUT2D eigenvalue weighted by Crippen LogP contribution is -2.06. The number of benzene rings is 2. The molecule has 0 aliphatic carbocycles. The van der Waals surface area contributed by atoms with Crippen LogP contribution < -0.4 is 19.5 Å². The smallest absolute Gasteiger partial charge is 0.211 e. The first-order valence-corrected chi connectivity index (χ1v) is 6.41. The predicted octanol–water partition coefficient (Wildman–Crippen LogP) is 3.22. The number of nitrogens with one attached hydrogen (secondary N) is 1. The highest BCUT2D eigenvalue weighted by molar-refractivity contribution is 5.53. The fourth-order valence-corrected chi connectivity index (χ4v) is 1.97. The summed E-state index contributed by atoms with van der Waals surface area (Å²) >= 11 is 0. The normalized spacial score (nSPS) is 10.2. The molecule has 1 N–H and O–H groups in total. The first kappa shape index (κ1) is 14.2. The summed E-state index contributed by atoms with van der Waals surface area (Å²) in [6.07, 6.45) is 0. The van der Waals surface area contributed by atoms with Crippen molar-refractivity contribution in [2.24, 2.45) is 0 Å². The standard InChI is InChI=1S/C16H19NO3/c1-17-11-12-7-4-5-8-13(12)20-16-14(18-2)9-6-10-15(16)19-3/h4-10,17H,11H2,1-3H3. The molecule has 20 heavy (non-hydrogen) atoms. The van der Waals surface area contributed by atoms with Gasteiger partial charge in [-0.05, 0) is 25.2 Å². The molecule has 0 saturated carbocycles. The third-order valence-electron chi connectivity index (χ3n) is 2.93. The Bertz CT molecular complexity index is 547. The molecule has 4 heteroatoms. The van der Waals surface area contributed by atoms with Crippen molar-refractivity contribution in [1.82, 2.24) is 5.32 Å². The van der Waals surface area contributed by atoms with Gasteiger partial charge in [0.15, 0.2) is 11.5 Å². The molecular formula is C16H19NO3. The zero-order valence-electron chi connectivity index (χ0n) is 12.0. The summed E-state index contributed by atoms with van der Waals surface area (Å²) < 4.78 is 16.7. The molecule has 0 amide bonds. The van der Waals surface area contributed by atoms with Gasteiger partial charge in [-0.1, -0.05) is 24.3 Å². The van der Waals surface area contributed by atoms with Crippen molar-refractivity contribution < 1.29 is 14.2 Å². The molecule has 2 rings (SSSR count). The highest BCUT2D eigenvalue weighted by Gasteiger charge is 2.13. The van der Waals surface area contributed by atoms with Crippen LogP contribution in [0.5, 0.6) is 23.0 Å². The summed E-state index contributed by atoms with van der Waals surface area (Å²) in [5, 5.41) is 3.12. The van der Waals surface area contributed by atoms with E-state index < -0.39 is 0 Å². The van der Waals surface area contributed by atoms with Gasteiger partial charge in [0.2, 0.25) is 5.75 Å². The summed E-state index contributed by atoms with van der Waals surface area (Å²) in [5.74, 6) is 2.65. The van der Waals surface area contributed by atoms with Crippen LogP contribution >= 0.6 is 0 Å². The molecule has 0 aliphatic rings. The highest BCUT2D eigenvalue weighted by Crippen LogP contribution is 2.40. The Hall–Kier alpha value is -2.20. The van der Waals surface area contributed by atoms with E-state index in [4.69, 9.17) is 14.2 Å². The van der Waals surface area contributed by atoms with Crippen molar-refractivity contribution in [1.29, 1.82) is 0 Å². The van der Waals surface area contributed by atoms with Gasteiger partial charge in [0.1, 0.15) is 5.75 Å². The monoisotopic (exact) mass is 273 g/mol. The molecule has 0 saturated heterocycles. The number of ether oxygens (including phenoxy) is 3. The van der Waals surface area contributed by atoms with Crippen LogP contribution in [0.3, 0.4) is 0 Å². The zero-order chi connectivity index (χ0) is 14.4. The minimum absolute atomic E-state index is 0.584. The quantitative estimate of drug-likeness (QED) is 0.877. The number of hydrogen-bond acceptors (Lipinski definition) is 4. The van der Waals surface area contributed by atoms with Gasteiger partial charge in [0.05, 0.1) is 14.2 Å². The van der Waals surface area contributed by atoms with E-state index in [1.165, 1.54) is 0 Å². The van der Waals surface area contributed by atoms with Crippen molar-refractivity contribution in [2.75, 3.05) is 21.3 Å². The van der Waals surface area contributed by atoms with Crippen molar-refractivity contribution in [2.45, 2.75) is 6.54 Å². The average Bonchev–Trinajstić information content (AvgIpc) is 2.49. The largest absolute Gasteiger partial charge is 0.493 e. The Labute approximate surface area is 119 Å². The number of rotatable bonds is 6. The van der Waals surface area contributed by atoms with Gasteiger partial charge in [0.25, 0.3) is 0 Å². The van der Waals surface area contributed by atoms with Crippen LogP contribution in [-0.4, -0.2) is 21.3 Å². The van der Waals surface area contributed by atoms with Gasteiger partial charge in [-0.3, -0.25) is 0 Å². The highest BCUT2D eigenvalue weighted by atomic mass is 16.5. The minimum Gasteiger partial charge on any atom is -0.493 e. The van der Waals surface area contributed by atoms with E-state index in [1.807, 2.05) is 49.5 Å². The van der Waals surface area contributed by atoms with Crippen LogP contribution in [0.2, 0.25) is 0 Å². The SMILES string of the molecule is CNCc1ccccc1Oc1c(OC)cccc1OC. The van der Waals surface area contributed by atoms with Gasteiger partial charge < -0.3 is 19.5 Å². The molecule has 0 spiro atoms. The molecular weight excluding hydrogens is 254 g/mol. The summed E-state index contributed by atoms with van der Waals surface area (Å²) in [5.41, 5.74) is 1.07. The molecule has 0 aromatic heterocycles. The van der Waals surface area contributed by atoms with E-state index in [-0.39, 0.29) is 0 Å². The van der Waals surface area contributed by atoms with Crippen LogP contribution in [-0.2, 0) is 6.54 Å². The Balaban J connectivity index is 2.39. The predicted molar refractivity (Wildman–Crippen MR) is 78.8 cm³/mol. The van der Waals surface area contributed by atoms with E-state index in [0.29, 0.717) is 17.2 Å². The van der Waals surface area contributed by atoms with Crippen molar-refractivity contribution >= 4 is 0 Å². The number of hydrogen-bond donors (Lipinski definition) is 1. The first-order valence-electron chi connectivity index (χ1n) is 6.41. The maximum absolute atomic E-state index is 6.02. The third-order valence-corrected chi connectivity index (χ3v) is 2.93. The van der Waals surface area contributed by atoms with Crippen molar-refractivity contribution in [3.63, 3.8) is 0 Å². The second-order valence-corrected chi connectivity index (χ2v) is 4.23. The second-order valence-electron chi connectivity index (χ2n) is 4.23. The topological polar surface area (TPSA) is 39.7 Å². The summed E-state index contributed by atoms with van der Waals surface area (Å²) in [4.78, 5) is 0. The summed E-state index contributed by atoms with van der Waals surface area (Å²) in [6, 6.07) is 13.4. The lowest BCUT2D eigenvalue weighted by Gasteiger charge is -2.16. The maximum atomic E-state index is 6.02. The molecule has 0 radical (unpaired) electrons. The molecule has 0 fully saturated rings. The lowest BCUT2D eigenvalue weighted by molar-refractivity contribution is 0.345. The summed E-state index contributed by atoms with van der Waals surface area (Å²) in [6.45, 7) is 0.730. The van der Waals surface area contributed by atoms with Gasteiger partial charge >= 0.3 is 0 Å². The van der Waals surface area contributed by atoms with Gasteiger partial charge in [0, 0.05) is 12.1 Å². The fraction of sp³-hybridized carbons (Fsp3) is 0.250. The Morgan fingerprint density at radius 2 is 1.45 bits per heavy atom. The molecule has 0 aliphatic heterocycles. The van der Waals surface area contributed by atoms with Crippen LogP contribution in [0.15, 0.2) is 42.5 Å². The minimum atomic E-state index is 0.584. The van der Waals surface area contributed by atoms with Gasteiger partial charge in [-0.15, -0.1) is 0 Å². The average molecular weight is 273 g/mol. The van der Waals surface area contributed by atoms with E-state index in [1.54, 1.807) is 14.2 Å². The Kier molecular flexibility index (Phi) is 4.85. The summed E-state index contributed by atoms with van der Waals surface area (Å²) in [7, 11) is 5.13. The van der Waals surface area contributed by atoms with E-state index in [9.17, 15) is 0 Å². The number of para-hydroxylation sites is 2. The first-order chi connectivity index (χ1) is 9.80. The van der Waals surface area contributed by atoms with Crippen LogP contribution in [0.4, 0.5) is 0 Å². The third kappa shape index (κ3) is 3.03. The van der Waals surface area contributed by atoms with E-state index in [2.05, 4.69) is 5.32 Å². The molecule has 2 aromatic carbocycles. The molecule has 0 heterocycles. The van der Waals surface area contributed by atoms with E-state index in [0.717, 1.165) is 17.9 Å². The van der Waals surface area contributed by atoms with Crippen molar-refractivity contribution in [3.8, 4) is 23.0 Å². The van der Waals surface area contributed by atoms with E-state index >= 15 is 0 Å². The Morgan fingerprint density at radius 3 is 2.05 bits per heavy atom. The van der Waals surface area contributed by atoms with Crippen LogP contribution in [0.25, 0.3) is 0 Å². The van der Waals surface area contributed by atoms with Crippen LogP contribution in [0.1, 0.15) is 5.56 Å². The molecule has 2 aromatic rings. The van der Waals surface area contributed by atoms with Gasteiger partial charge in [-0.25, -0.2) is 0 Å².